The predicted octanol–water partition coefficient (Wildman–Crippen LogP) is 5.83. The molecule has 9 rings (SSSR count). The maximum Gasteiger partial charge on any atom is 0.410 e. The molecule has 1 fully saturated rings. The number of amidine groups is 2. The van der Waals surface area contributed by atoms with Crippen LogP contribution in [0.3, 0.4) is 0 Å². The minimum Gasteiger partial charge on any atom is -0.456 e. The van der Waals surface area contributed by atoms with Gasteiger partial charge in [0, 0.05) is 19.5 Å². The van der Waals surface area contributed by atoms with Gasteiger partial charge in [-0.1, -0.05) is 12.1 Å². The quantitative estimate of drug-likeness (QED) is 0.285. The second-order valence-electron chi connectivity index (χ2n) is 15.2. The van der Waals surface area contributed by atoms with Crippen molar-refractivity contribution in [2.75, 3.05) is 32.7 Å². The number of aliphatic imine (C=N–C) groups is 2. The predicted molar refractivity (Wildman–Crippen MR) is 188 cm³/mol. The first kappa shape index (κ1) is 32.9. The molecule has 2 amide bonds. The first-order chi connectivity index (χ1) is 23.3. The van der Waals surface area contributed by atoms with Crippen LogP contribution in [0.5, 0.6) is 0 Å². The van der Waals surface area contributed by atoms with Gasteiger partial charge in [-0.2, -0.15) is 0 Å². The summed E-state index contributed by atoms with van der Waals surface area (Å²) < 4.78 is 18.1. The molecule has 12 heteroatoms. The second-order valence-corrected chi connectivity index (χ2v) is 15.2. The van der Waals surface area contributed by atoms with Crippen molar-refractivity contribution in [1.29, 1.82) is 0 Å². The molecule has 2 N–H and O–H groups in total. The summed E-state index contributed by atoms with van der Waals surface area (Å²) in [5, 5.41) is 8.13. The van der Waals surface area contributed by atoms with Gasteiger partial charge in [-0.05, 0) is 95.7 Å². The Labute approximate surface area is 285 Å². The molecule has 0 aliphatic carbocycles. The van der Waals surface area contributed by atoms with Crippen molar-refractivity contribution in [1.82, 2.24) is 20.4 Å². The van der Waals surface area contributed by atoms with E-state index in [0.29, 0.717) is 54.5 Å². The zero-order valence-corrected chi connectivity index (χ0v) is 29.0. The molecule has 2 unspecified atom stereocenters. The lowest BCUT2D eigenvalue weighted by molar-refractivity contribution is -0.0219. The number of nitrogens with zero attached hydrogens (tertiary/aromatic N) is 4. The van der Waals surface area contributed by atoms with Crippen molar-refractivity contribution in [2.45, 2.75) is 96.1 Å². The van der Waals surface area contributed by atoms with Crippen LogP contribution in [0.1, 0.15) is 89.9 Å². The Bertz CT molecular complexity index is 1910. The third-order valence-electron chi connectivity index (χ3n) is 9.58. The molecule has 0 radical (unpaired) electrons. The van der Waals surface area contributed by atoms with Crippen LogP contribution in [0.15, 0.2) is 55.6 Å². The smallest absolute Gasteiger partial charge is 0.410 e. The zero-order valence-electron chi connectivity index (χ0n) is 29.0. The minimum atomic E-state index is -0.974. The van der Waals surface area contributed by atoms with E-state index in [1.54, 1.807) is 9.80 Å². The first-order valence-corrected chi connectivity index (χ1v) is 17.4. The van der Waals surface area contributed by atoms with Gasteiger partial charge in [-0.3, -0.25) is 19.7 Å². The standard InChI is InChI=1S/C37H46N6O6/c1-36(2,3)48-34(45)42-15-7-6-10-31-38-19-26(40-31)23-11-13-24-30(18-23)47-29-14-12-22(17-25(29)32(24)44)27-20-39-33(41-27)28-9-8-16-43(28)35(46)49-37(4,5)21-42/h11-14,17-18,26-28H,6-10,15-16,19-21H2,1-5H3,(H,38,40)(H,39,41)/t26?,27?,28-/m0/s1. The largest absolute Gasteiger partial charge is 0.456 e. The molecule has 3 aromatic rings. The molecule has 10 bridgehead atoms. The molecule has 1 aromatic heterocycles. The van der Waals surface area contributed by atoms with Crippen LogP contribution in [0.2, 0.25) is 0 Å². The lowest BCUT2D eigenvalue weighted by Gasteiger charge is -2.35. The van der Waals surface area contributed by atoms with Crippen molar-refractivity contribution < 1.29 is 23.5 Å². The number of ether oxygens (including phenoxy) is 2. The molecule has 7 heterocycles. The van der Waals surface area contributed by atoms with E-state index in [2.05, 4.69) is 10.6 Å². The van der Waals surface area contributed by atoms with Crippen molar-refractivity contribution in [3.05, 3.63) is 57.7 Å². The number of rotatable bonds is 0. The van der Waals surface area contributed by atoms with E-state index < -0.39 is 23.4 Å². The van der Waals surface area contributed by atoms with Crippen molar-refractivity contribution in [2.24, 2.45) is 9.98 Å². The van der Waals surface area contributed by atoms with Crippen molar-refractivity contribution in [3.8, 4) is 0 Å². The van der Waals surface area contributed by atoms with Crippen molar-refractivity contribution >= 4 is 45.8 Å². The summed E-state index contributed by atoms with van der Waals surface area (Å²) in [6.07, 6.45) is 2.94. The van der Waals surface area contributed by atoms with Gasteiger partial charge in [0.1, 0.15) is 28.2 Å². The van der Waals surface area contributed by atoms with E-state index in [9.17, 15) is 14.4 Å². The third-order valence-corrected chi connectivity index (χ3v) is 9.58. The van der Waals surface area contributed by atoms with Gasteiger partial charge in [0.15, 0.2) is 0 Å². The Morgan fingerprint density at radius 1 is 0.918 bits per heavy atom. The number of hydrogen-bond acceptors (Lipinski definition) is 10. The lowest BCUT2D eigenvalue weighted by atomic mass is 10.0. The number of amides is 2. The summed E-state index contributed by atoms with van der Waals surface area (Å²) in [5.41, 5.74) is 1.30. The monoisotopic (exact) mass is 670 g/mol. The van der Waals surface area contributed by atoms with Crippen LogP contribution in [0, 0.1) is 0 Å². The molecule has 3 atom stereocenters. The molecule has 49 heavy (non-hydrogen) atoms. The summed E-state index contributed by atoms with van der Waals surface area (Å²) in [7, 11) is 0. The highest BCUT2D eigenvalue weighted by atomic mass is 16.6. The molecule has 2 aromatic carbocycles. The van der Waals surface area contributed by atoms with Gasteiger partial charge in [-0.15, -0.1) is 0 Å². The van der Waals surface area contributed by atoms with Gasteiger partial charge >= 0.3 is 12.2 Å². The van der Waals surface area contributed by atoms with Crippen LogP contribution in [0.4, 0.5) is 9.59 Å². The molecule has 0 saturated carbocycles. The van der Waals surface area contributed by atoms with Crippen LogP contribution >= 0.6 is 0 Å². The Balaban J connectivity index is 1.19. The average Bonchev–Trinajstić information content (AvgIpc) is 3.82. The first-order valence-electron chi connectivity index (χ1n) is 17.4. The summed E-state index contributed by atoms with van der Waals surface area (Å²) in [4.78, 5) is 53.7. The van der Waals surface area contributed by atoms with E-state index in [0.717, 1.165) is 48.5 Å². The Morgan fingerprint density at radius 3 is 2.49 bits per heavy atom. The molecule has 6 aliphatic heterocycles. The fourth-order valence-corrected chi connectivity index (χ4v) is 7.22. The number of carbonyl (C=O) groups is 2. The van der Waals surface area contributed by atoms with Crippen LogP contribution < -0.4 is 16.1 Å². The van der Waals surface area contributed by atoms with Gasteiger partial charge < -0.3 is 29.4 Å². The Hall–Kier alpha value is -4.61. The summed E-state index contributed by atoms with van der Waals surface area (Å²) in [6.45, 7) is 11.4. The normalized spacial score (nSPS) is 24.4. The second kappa shape index (κ2) is 12.7. The molecule has 1 saturated heterocycles. The molecule has 260 valence electrons. The van der Waals surface area contributed by atoms with E-state index in [4.69, 9.17) is 23.9 Å². The zero-order chi connectivity index (χ0) is 34.5. The number of fused-ring (bicyclic) bond motifs is 2. The molecule has 0 spiro atoms. The summed E-state index contributed by atoms with van der Waals surface area (Å²) in [5.74, 6) is 1.65. The van der Waals surface area contributed by atoms with Gasteiger partial charge in [0.2, 0.25) is 5.43 Å². The maximum absolute atomic E-state index is 13.7. The van der Waals surface area contributed by atoms with E-state index in [-0.39, 0.29) is 30.1 Å². The van der Waals surface area contributed by atoms with Crippen LogP contribution in [-0.4, -0.2) is 83.6 Å². The summed E-state index contributed by atoms with van der Waals surface area (Å²) in [6, 6.07) is 11.1. The fourth-order valence-electron chi connectivity index (χ4n) is 7.22. The summed E-state index contributed by atoms with van der Waals surface area (Å²) >= 11 is 0. The topological polar surface area (TPSA) is 138 Å². The molecule has 12 nitrogen and oxygen atoms in total. The highest BCUT2D eigenvalue weighted by Gasteiger charge is 2.39. The third kappa shape index (κ3) is 6.95. The number of benzene rings is 2. The highest BCUT2D eigenvalue weighted by Crippen LogP contribution is 2.30. The van der Waals surface area contributed by atoms with E-state index >= 15 is 0 Å². The maximum atomic E-state index is 13.7. The highest BCUT2D eigenvalue weighted by molar-refractivity contribution is 5.93. The molecular formula is C37H46N6O6. The number of hydrogen-bond donors (Lipinski definition) is 2. The minimum absolute atomic E-state index is 0.0242. The van der Waals surface area contributed by atoms with Crippen LogP contribution in [0.25, 0.3) is 21.9 Å². The van der Waals surface area contributed by atoms with E-state index in [1.165, 1.54) is 0 Å². The SMILES string of the molecule is CC(C)(C)OC(=O)N1CCCCC2=NCC(N2)c2ccc3c(=O)c4cc(ccc4oc3c2)C2CN=C(N2)[C@@H]2CCCN2C(=O)OC(C)(C)C1. The number of nitrogens with one attached hydrogen (secondary N) is 2. The van der Waals surface area contributed by atoms with Gasteiger partial charge in [0.05, 0.1) is 54.4 Å². The molecular weight excluding hydrogens is 624 g/mol. The Kier molecular flexibility index (Phi) is 8.52. The van der Waals surface area contributed by atoms with Crippen LogP contribution in [-0.2, 0) is 9.47 Å². The van der Waals surface area contributed by atoms with Crippen molar-refractivity contribution in [3.63, 3.8) is 0 Å². The number of carbonyl (C=O) groups excluding carboxylic acids is 2. The fraction of sp³-hybridized carbons (Fsp3) is 0.541. The van der Waals surface area contributed by atoms with Gasteiger partial charge in [0.25, 0.3) is 0 Å². The Morgan fingerprint density at radius 2 is 1.67 bits per heavy atom. The molecule has 6 aliphatic rings. The average molecular weight is 671 g/mol. The van der Waals surface area contributed by atoms with Gasteiger partial charge in [-0.25, -0.2) is 9.59 Å². The van der Waals surface area contributed by atoms with E-state index in [1.807, 2.05) is 71.0 Å². The lowest BCUT2D eigenvalue weighted by Crippen LogP contribution is -2.50.